The summed E-state index contributed by atoms with van der Waals surface area (Å²) in [5.74, 6) is -2.11. The van der Waals surface area contributed by atoms with Crippen molar-refractivity contribution in [2.24, 2.45) is 0 Å². The number of hydrogen-bond donors (Lipinski definition) is 2. The molecule has 1 aromatic heterocycles. The van der Waals surface area contributed by atoms with Gasteiger partial charge in [-0.2, -0.15) is 0 Å². The number of carbonyl (C=O) groups excluding carboxylic acids is 1. The van der Waals surface area contributed by atoms with E-state index in [-0.39, 0.29) is 11.3 Å². The average Bonchev–Trinajstić information content (AvgIpc) is 2.63. The fourth-order valence-electron chi connectivity index (χ4n) is 2.29. The van der Waals surface area contributed by atoms with Gasteiger partial charge in [-0.3, -0.25) is 9.78 Å². The second kappa shape index (κ2) is 7.93. The normalized spacial score (nSPS) is 10.4. The molecule has 0 saturated heterocycles. The molecule has 1 heterocycles. The highest BCUT2D eigenvalue weighted by Crippen LogP contribution is 2.19. The van der Waals surface area contributed by atoms with Crippen LogP contribution in [0.3, 0.4) is 0 Å². The van der Waals surface area contributed by atoms with E-state index in [4.69, 9.17) is 11.6 Å². The Bertz CT molecular complexity index is 950. The second-order valence-electron chi connectivity index (χ2n) is 5.49. The summed E-state index contributed by atoms with van der Waals surface area (Å²) in [6, 6.07) is 11.9. The summed E-state index contributed by atoms with van der Waals surface area (Å²) >= 11 is 6.11. The fraction of sp³-hybridized carbons (Fsp3) is 0.0526. The molecule has 0 fully saturated rings. The molecule has 0 aliphatic heterocycles. The Kier molecular flexibility index (Phi) is 5.43. The molecule has 2 N–H and O–H groups in total. The van der Waals surface area contributed by atoms with E-state index in [2.05, 4.69) is 15.6 Å². The van der Waals surface area contributed by atoms with Crippen LogP contribution in [0.1, 0.15) is 15.9 Å². The summed E-state index contributed by atoms with van der Waals surface area (Å²) in [5.41, 5.74) is 1.64. The van der Waals surface area contributed by atoms with Gasteiger partial charge in [-0.05, 0) is 29.8 Å². The Morgan fingerprint density at radius 2 is 1.88 bits per heavy atom. The highest BCUT2D eigenvalue weighted by Gasteiger charge is 2.11. The van der Waals surface area contributed by atoms with Gasteiger partial charge in [0, 0.05) is 30.0 Å². The Hall–Kier alpha value is -2.99. The van der Waals surface area contributed by atoms with Crippen LogP contribution in [-0.2, 0) is 6.54 Å². The van der Waals surface area contributed by atoms with Crippen molar-refractivity contribution < 1.29 is 13.6 Å². The standard InChI is InChI=1S/C19H14ClF2N3O/c20-16-4-2-1-3-12(16)10-24-15-7-13(9-23-11-15)19(26)25-18-6-5-14(21)8-17(18)22/h1-9,11,24H,10H2,(H,25,26). The molecule has 0 unspecified atom stereocenters. The lowest BCUT2D eigenvalue weighted by molar-refractivity contribution is 0.102. The monoisotopic (exact) mass is 373 g/mol. The summed E-state index contributed by atoms with van der Waals surface area (Å²) in [7, 11) is 0. The fourth-order valence-corrected chi connectivity index (χ4v) is 2.49. The summed E-state index contributed by atoms with van der Waals surface area (Å²) in [6.07, 6.45) is 2.92. The molecule has 0 atom stereocenters. The van der Waals surface area contributed by atoms with Gasteiger partial charge in [0.05, 0.1) is 16.9 Å². The van der Waals surface area contributed by atoms with Crippen molar-refractivity contribution in [3.8, 4) is 0 Å². The molecule has 0 bridgehead atoms. The first-order chi connectivity index (χ1) is 12.5. The predicted molar refractivity (Wildman–Crippen MR) is 97.3 cm³/mol. The molecule has 26 heavy (non-hydrogen) atoms. The van der Waals surface area contributed by atoms with Crippen LogP contribution >= 0.6 is 11.6 Å². The van der Waals surface area contributed by atoms with Crippen molar-refractivity contribution in [3.05, 3.63) is 88.7 Å². The predicted octanol–water partition coefficient (Wildman–Crippen LogP) is 4.88. The number of carbonyl (C=O) groups is 1. The molecule has 3 rings (SSSR count). The van der Waals surface area contributed by atoms with E-state index in [0.29, 0.717) is 23.3 Å². The van der Waals surface area contributed by atoms with Gasteiger partial charge in [-0.25, -0.2) is 8.78 Å². The first-order valence-corrected chi connectivity index (χ1v) is 8.09. The van der Waals surface area contributed by atoms with Crippen LogP contribution in [-0.4, -0.2) is 10.9 Å². The minimum absolute atomic E-state index is 0.106. The number of halogens is 3. The smallest absolute Gasteiger partial charge is 0.257 e. The van der Waals surface area contributed by atoms with Gasteiger partial charge in [0.2, 0.25) is 0 Å². The third-order valence-electron chi connectivity index (χ3n) is 3.62. The average molecular weight is 374 g/mol. The number of amides is 1. The van der Waals surface area contributed by atoms with Gasteiger partial charge in [0.1, 0.15) is 11.6 Å². The van der Waals surface area contributed by atoms with E-state index in [0.717, 1.165) is 17.7 Å². The van der Waals surface area contributed by atoms with Crippen LogP contribution in [0.5, 0.6) is 0 Å². The number of anilines is 2. The Morgan fingerprint density at radius 3 is 2.65 bits per heavy atom. The first kappa shape index (κ1) is 17.8. The van der Waals surface area contributed by atoms with E-state index in [1.807, 2.05) is 18.2 Å². The van der Waals surface area contributed by atoms with E-state index >= 15 is 0 Å². The number of hydrogen-bond acceptors (Lipinski definition) is 3. The molecular weight excluding hydrogens is 360 g/mol. The SMILES string of the molecule is O=C(Nc1ccc(F)cc1F)c1cncc(NCc2ccccc2Cl)c1. The topological polar surface area (TPSA) is 54.0 Å². The highest BCUT2D eigenvalue weighted by atomic mass is 35.5. The zero-order chi connectivity index (χ0) is 18.5. The van der Waals surface area contributed by atoms with Crippen LogP contribution < -0.4 is 10.6 Å². The maximum atomic E-state index is 13.7. The summed E-state index contributed by atoms with van der Waals surface area (Å²) in [6.45, 7) is 0.457. The minimum atomic E-state index is -0.848. The Morgan fingerprint density at radius 1 is 1.08 bits per heavy atom. The van der Waals surface area contributed by atoms with Crippen molar-refractivity contribution in [2.75, 3.05) is 10.6 Å². The van der Waals surface area contributed by atoms with Crippen molar-refractivity contribution in [1.29, 1.82) is 0 Å². The van der Waals surface area contributed by atoms with Crippen LogP contribution in [0.2, 0.25) is 5.02 Å². The van der Waals surface area contributed by atoms with E-state index < -0.39 is 17.5 Å². The number of pyridine rings is 1. The van der Waals surface area contributed by atoms with Gasteiger partial charge in [0.15, 0.2) is 0 Å². The summed E-state index contributed by atoms with van der Waals surface area (Å²) in [4.78, 5) is 16.3. The zero-order valence-electron chi connectivity index (χ0n) is 13.5. The molecule has 0 spiro atoms. The minimum Gasteiger partial charge on any atom is -0.380 e. The molecule has 132 valence electrons. The third kappa shape index (κ3) is 4.34. The van der Waals surface area contributed by atoms with Gasteiger partial charge in [-0.15, -0.1) is 0 Å². The molecular formula is C19H14ClF2N3O. The van der Waals surface area contributed by atoms with E-state index in [9.17, 15) is 13.6 Å². The highest BCUT2D eigenvalue weighted by molar-refractivity contribution is 6.31. The van der Waals surface area contributed by atoms with E-state index in [1.54, 1.807) is 18.3 Å². The Balaban J connectivity index is 1.70. The third-order valence-corrected chi connectivity index (χ3v) is 3.99. The van der Waals surface area contributed by atoms with Crippen molar-refractivity contribution in [1.82, 2.24) is 4.98 Å². The molecule has 4 nitrogen and oxygen atoms in total. The molecule has 0 radical (unpaired) electrons. The van der Waals surface area contributed by atoms with Crippen LogP contribution in [0.15, 0.2) is 60.9 Å². The molecule has 7 heteroatoms. The number of aromatic nitrogens is 1. The van der Waals surface area contributed by atoms with Crippen LogP contribution in [0.4, 0.5) is 20.2 Å². The molecule has 1 amide bonds. The number of nitrogens with zero attached hydrogens (tertiary/aromatic N) is 1. The van der Waals surface area contributed by atoms with Crippen molar-refractivity contribution >= 4 is 28.9 Å². The van der Waals surface area contributed by atoms with Gasteiger partial charge in [0.25, 0.3) is 5.91 Å². The van der Waals surface area contributed by atoms with Crippen LogP contribution in [0, 0.1) is 11.6 Å². The number of nitrogens with one attached hydrogen (secondary N) is 2. The van der Waals surface area contributed by atoms with Gasteiger partial charge in [-0.1, -0.05) is 29.8 Å². The lowest BCUT2D eigenvalue weighted by Crippen LogP contribution is -2.14. The maximum absolute atomic E-state index is 13.7. The van der Waals surface area contributed by atoms with Gasteiger partial charge >= 0.3 is 0 Å². The summed E-state index contributed by atoms with van der Waals surface area (Å²) < 4.78 is 26.6. The number of benzene rings is 2. The molecule has 2 aromatic carbocycles. The zero-order valence-corrected chi connectivity index (χ0v) is 14.2. The molecule has 0 aliphatic rings. The van der Waals surface area contributed by atoms with Crippen molar-refractivity contribution in [3.63, 3.8) is 0 Å². The van der Waals surface area contributed by atoms with Crippen LogP contribution in [0.25, 0.3) is 0 Å². The molecule has 0 aliphatic carbocycles. The lowest BCUT2D eigenvalue weighted by Gasteiger charge is -2.10. The number of rotatable bonds is 5. The van der Waals surface area contributed by atoms with E-state index in [1.165, 1.54) is 6.20 Å². The second-order valence-corrected chi connectivity index (χ2v) is 5.89. The first-order valence-electron chi connectivity index (χ1n) is 7.71. The summed E-state index contributed by atoms with van der Waals surface area (Å²) in [5, 5.41) is 6.16. The lowest BCUT2D eigenvalue weighted by atomic mass is 10.2. The van der Waals surface area contributed by atoms with Gasteiger partial charge < -0.3 is 10.6 Å². The largest absolute Gasteiger partial charge is 0.380 e. The quantitative estimate of drug-likeness (QED) is 0.670. The van der Waals surface area contributed by atoms with Crippen molar-refractivity contribution in [2.45, 2.75) is 6.54 Å². The molecule has 3 aromatic rings. The maximum Gasteiger partial charge on any atom is 0.257 e. The molecule has 0 saturated carbocycles. The Labute approximate surface area is 153 Å².